The molecule has 1 aliphatic carbocycles. The van der Waals surface area contributed by atoms with Gasteiger partial charge in [0.15, 0.2) is 0 Å². The summed E-state index contributed by atoms with van der Waals surface area (Å²) in [6.45, 7) is 0. The fraction of sp³-hybridized carbons (Fsp3) is 0.167. The Morgan fingerprint density at radius 3 is 2.75 bits per heavy atom. The molecule has 1 aliphatic rings. The first-order valence-electron chi connectivity index (χ1n) is 2.12. The van der Waals surface area contributed by atoms with Gasteiger partial charge in [0.05, 0.1) is 0 Å². The van der Waals surface area contributed by atoms with E-state index < -0.39 is 11.9 Å². The molecule has 0 aliphatic heterocycles. The first-order chi connectivity index (χ1) is 3.80. The lowest BCUT2D eigenvalue weighted by Gasteiger charge is -1.88. The van der Waals surface area contributed by atoms with Gasteiger partial charge < -0.3 is 5.11 Å². The Bertz CT molecular complexity index is 192. The highest BCUT2D eigenvalue weighted by atomic mass is 16.4. The Labute approximate surface area is 46.8 Å². The standard InChI is InChI=1S/C6H3O2/c7-6(8)5-3-1-2-4-5/h1,5H,(H,7,8). The molecule has 1 atom stereocenters. The lowest BCUT2D eigenvalue weighted by molar-refractivity contribution is -0.138. The lowest BCUT2D eigenvalue weighted by atomic mass is 10.2. The third kappa shape index (κ3) is 0.710. The summed E-state index contributed by atoms with van der Waals surface area (Å²) in [5, 5.41) is 8.23. The molecule has 0 heterocycles. The molecule has 0 fully saturated rings. The van der Waals surface area contributed by atoms with Gasteiger partial charge >= 0.3 is 5.97 Å². The Balaban J connectivity index is 2.68. The zero-order chi connectivity index (χ0) is 5.98. The van der Waals surface area contributed by atoms with Crippen LogP contribution in [0.3, 0.4) is 0 Å². The number of aliphatic carboxylic acids is 1. The van der Waals surface area contributed by atoms with Crippen molar-refractivity contribution in [1.82, 2.24) is 0 Å². The molecule has 2 heteroatoms. The minimum absolute atomic E-state index is 0.685. The van der Waals surface area contributed by atoms with Gasteiger partial charge in [0, 0.05) is 0 Å². The maximum absolute atomic E-state index is 10.0. The maximum Gasteiger partial charge on any atom is 0.323 e. The Morgan fingerprint density at radius 2 is 2.50 bits per heavy atom. The van der Waals surface area contributed by atoms with E-state index in [0.717, 1.165) is 0 Å². The number of rotatable bonds is 1. The Kier molecular flexibility index (Phi) is 1.05. The molecule has 0 bridgehead atoms. The van der Waals surface area contributed by atoms with E-state index >= 15 is 0 Å². The summed E-state index contributed by atoms with van der Waals surface area (Å²) in [6.07, 6.45) is 3.94. The van der Waals surface area contributed by atoms with E-state index in [1.54, 1.807) is 0 Å². The number of carboxylic acid groups (broad SMARTS) is 1. The van der Waals surface area contributed by atoms with Crippen LogP contribution in [0.2, 0.25) is 0 Å². The zero-order valence-corrected chi connectivity index (χ0v) is 4.01. The summed E-state index contributed by atoms with van der Waals surface area (Å²) in [5.74, 6) is 3.32. The van der Waals surface area contributed by atoms with E-state index in [2.05, 4.69) is 17.9 Å². The van der Waals surface area contributed by atoms with Crippen molar-refractivity contribution in [3.63, 3.8) is 0 Å². The van der Waals surface area contributed by atoms with Gasteiger partial charge in [0.2, 0.25) is 0 Å². The van der Waals surface area contributed by atoms with Crippen molar-refractivity contribution < 1.29 is 9.90 Å². The van der Waals surface area contributed by atoms with Crippen molar-refractivity contribution in [2.75, 3.05) is 0 Å². The zero-order valence-electron chi connectivity index (χ0n) is 4.01. The summed E-state index contributed by atoms with van der Waals surface area (Å²) in [5.41, 5.74) is 0. The normalized spacial score (nSPS) is 22.2. The van der Waals surface area contributed by atoms with Crippen LogP contribution in [0, 0.1) is 23.8 Å². The molecular weight excluding hydrogens is 104 g/mol. The van der Waals surface area contributed by atoms with Crippen LogP contribution >= 0.6 is 0 Å². The van der Waals surface area contributed by atoms with Crippen molar-refractivity contribution in [3.05, 3.63) is 12.2 Å². The number of hydrogen-bond donors (Lipinski definition) is 1. The van der Waals surface area contributed by atoms with Crippen LogP contribution in [0.1, 0.15) is 0 Å². The van der Waals surface area contributed by atoms with Crippen LogP contribution < -0.4 is 0 Å². The summed E-state index contributed by atoms with van der Waals surface area (Å²) in [6, 6.07) is 0. The van der Waals surface area contributed by atoms with Gasteiger partial charge in [-0.15, -0.1) is 0 Å². The van der Waals surface area contributed by atoms with E-state index in [0.29, 0.717) is 0 Å². The van der Waals surface area contributed by atoms with Crippen LogP contribution in [-0.2, 0) is 4.79 Å². The molecule has 1 N–H and O–H groups in total. The average molecular weight is 107 g/mol. The molecule has 0 aromatic heterocycles. The third-order valence-electron chi connectivity index (χ3n) is 0.797. The minimum Gasteiger partial charge on any atom is -0.480 e. The molecule has 1 rings (SSSR count). The van der Waals surface area contributed by atoms with Crippen LogP contribution in [-0.4, -0.2) is 11.1 Å². The van der Waals surface area contributed by atoms with Gasteiger partial charge in [-0.2, -0.15) is 0 Å². The van der Waals surface area contributed by atoms with E-state index in [4.69, 9.17) is 5.11 Å². The number of hydrogen-bond acceptors (Lipinski definition) is 1. The second-order valence-electron chi connectivity index (χ2n) is 1.37. The van der Waals surface area contributed by atoms with Gasteiger partial charge in [0.1, 0.15) is 5.92 Å². The van der Waals surface area contributed by atoms with E-state index in [9.17, 15) is 4.79 Å². The van der Waals surface area contributed by atoms with Crippen molar-refractivity contribution in [2.24, 2.45) is 5.92 Å². The van der Waals surface area contributed by atoms with Crippen LogP contribution in [0.25, 0.3) is 0 Å². The van der Waals surface area contributed by atoms with Crippen LogP contribution in [0.15, 0.2) is 6.08 Å². The predicted octanol–water partition coefficient (Wildman–Crippen LogP) is 0.0636. The monoisotopic (exact) mass is 107 g/mol. The third-order valence-corrected chi connectivity index (χ3v) is 0.797. The van der Waals surface area contributed by atoms with Gasteiger partial charge in [-0.25, -0.2) is 0 Å². The highest BCUT2D eigenvalue weighted by molar-refractivity contribution is 5.76. The second kappa shape index (κ2) is 1.71. The Hall–Kier alpha value is -1.23. The topological polar surface area (TPSA) is 37.3 Å². The first kappa shape index (κ1) is 4.92. The van der Waals surface area contributed by atoms with Crippen molar-refractivity contribution in [1.29, 1.82) is 0 Å². The van der Waals surface area contributed by atoms with Gasteiger partial charge in [0.25, 0.3) is 0 Å². The van der Waals surface area contributed by atoms with Gasteiger partial charge in [-0.3, -0.25) is 4.79 Å². The van der Waals surface area contributed by atoms with Gasteiger partial charge in [-0.1, -0.05) is 11.8 Å². The van der Waals surface area contributed by atoms with Crippen molar-refractivity contribution in [2.45, 2.75) is 0 Å². The van der Waals surface area contributed by atoms with Crippen molar-refractivity contribution >= 4 is 5.97 Å². The predicted molar refractivity (Wildman–Crippen MR) is 26.7 cm³/mol. The van der Waals surface area contributed by atoms with Crippen LogP contribution in [0.4, 0.5) is 0 Å². The average Bonchev–Trinajstić information content (AvgIpc) is 2.12. The van der Waals surface area contributed by atoms with E-state index in [1.807, 2.05) is 0 Å². The molecule has 0 aromatic rings. The molecule has 2 nitrogen and oxygen atoms in total. The minimum atomic E-state index is -0.925. The SMILES string of the molecule is O=C(O)C1[C]=CC#C1. The smallest absolute Gasteiger partial charge is 0.323 e. The number of allylic oxidation sites excluding steroid dienone is 1. The highest BCUT2D eigenvalue weighted by Gasteiger charge is 2.11. The van der Waals surface area contributed by atoms with Gasteiger partial charge in [-0.05, 0) is 12.2 Å². The van der Waals surface area contributed by atoms with Crippen molar-refractivity contribution in [3.8, 4) is 11.8 Å². The largest absolute Gasteiger partial charge is 0.480 e. The molecule has 0 spiro atoms. The van der Waals surface area contributed by atoms with Crippen LogP contribution in [0.5, 0.6) is 0 Å². The van der Waals surface area contributed by atoms with E-state index in [1.165, 1.54) is 6.08 Å². The quantitative estimate of drug-likeness (QED) is 0.481. The highest BCUT2D eigenvalue weighted by Crippen LogP contribution is 1.99. The fourth-order valence-corrected chi connectivity index (χ4v) is 0.425. The maximum atomic E-state index is 10.0. The molecule has 0 saturated carbocycles. The summed E-state index contributed by atoms with van der Waals surface area (Å²) in [4.78, 5) is 10.0. The molecule has 0 aromatic carbocycles. The number of carbonyl (C=O) groups is 1. The molecule has 0 amide bonds. The molecular formula is C6H3O2. The number of carboxylic acids is 1. The summed E-state index contributed by atoms with van der Waals surface area (Å²) in [7, 11) is 0. The summed E-state index contributed by atoms with van der Waals surface area (Å²) >= 11 is 0. The molecule has 1 radical (unpaired) electrons. The fourth-order valence-electron chi connectivity index (χ4n) is 0.425. The molecule has 1 unspecified atom stereocenters. The summed E-state index contributed by atoms with van der Waals surface area (Å²) < 4.78 is 0. The lowest BCUT2D eigenvalue weighted by Crippen LogP contribution is -2.06. The molecule has 0 saturated heterocycles. The van der Waals surface area contributed by atoms with E-state index in [-0.39, 0.29) is 0 Å². The molecule has 8 heavy (non-hydrogen) atoms. The molecule has 39 valence electrons. The first-order valence-corrected chi connectivity index (χ1v) is 2.12. The Morgan fingerprint density at radius 1 is 1.75 bits per heavy atom. The second-order valence-corrected chi connectivity index (χ2v) is 1.37.